The lowest BCUT2D eigenvalue weighted by atomic mass is 9.78. The number of dihydropyridines is 1. The molecule has 49 heavy (non-hydrogen) atoms. The minimum Gasteiger partial charge on any atom is -0.474 e. The van der Waals surface area contributed by atoms with Gasteiger partial charge in [-0.05, 0) is 106 Å². The lowest BCUT2D eigenvalue weighted by molar-refractivity contribution is -0.135. The molecule has 1 aliphatic carbocycles. The molecular weight excluding hydrogens is 630 g/mol. The van der Waals surface area contributed by atoms with E-state index in [1.165, 1.54) is 6.07 Å². The number of aliphatic imine (C=N–C) groups is 1. The molecule has 5 atom stereocenters. The van der Waals surface area contributed by atoms with Crippen molar-refractivity contribution in [3.05, 3.63) is 81.9 Å². The van der Waals surface area contributed by atoms with Gasteiger partial charge in [0.15, 0.2) is 11.9 Å². The van der Waals surface area contributed by atoms with Crippen LogP contribution in [0.4, 0.5) is 8.78 Å². The molecule has 260 valence electrons. The average molecular weight is 675 g/mol. The van der Waals surface area contributed by atoms with Gasteiger partial charge in [-0.15, -0.1) is 0 Å². The van der Waals surface area contributed by atoms with Crippen LogP contribution in [0.3, 0.4) is 0 Å². The number of halogens is 2. The molecule has 4 heterocycles. The number of rotatable bonds is 10. The van der Waals surface area contributed by atoms with E-state index >= 15 is 8.78 Å². The molecule has 1 fully saturated rings. The largest absolute Gasteiger partial charge is 0.474 e. The summed E-state index contributed by atoms with van der Waals surface area (Å²) in [6.07, 6.45) is 8.30. The molecule has 1 saturated heterocycles. The number of alkyl halides is 1. The van der Waals surface area contributed by atoms with Gasteiger partial charge in [-0.25, -0.2) is 28.3 Å². The minimum absolute atomic E-state index is 0.0640. The highest BCUT2D eigenvalue weighted by Gasteiger charge is 2.40. The Labute approximate surface area is 286 Å². The molecule has 1 aromatic heterocycles. The topological polar surface area (TPSA) is 96.3 Å². The summed E-state index contributed by atoms with van der Waals surface area (Å²) in [6.45, 7) is 7.87. The van der Waals surface area contributed by atoms with Crippen LogP contribution >= 0.6 is 0 Å². The number of carbonyl (C=O) groups is 2. The van der Waals surface area contributed by atoms with Crippen molar-refractivity contribution in [2.45, 2.75) is 104 Å². The Morgan fingerprint density at radius 1 is 1.02 bits per heavy atom. The van der Waals surface area contributed by atoms with E-state index in [4.69, 9.17) is 18.9 Å². The first-order valence-corrected chi connectivity index (χ1v) is 17.4. The smallest absolute Gasteiger partial charge is 0.357 e. The van der Waals surface area contributed by atoms with Crippen molar-refractivity contribution < 1.29 is 37.3 Å². The van der Waals surface area contributed by atoms with Crippen LogP contribution in [0, 0.1) is 11.7 Å². The fourth-order valence-electron chi connectivity index (χ4n) is 7.00. The molecule has 3 unspecified atom stereocenters. The second-order valence-electron chi connectivity index (χ2n) is 13.2. The Balaban J connectivity index is 1.11. The highest BCUT2D eigenvalue weighted by Crippen LogP contribution is 2.42. The summed E-state index contributed by atoms with van der Waals surface area (Å²) in [4.78, 5) is 35.0. The zero-order valence-corrected chi connectivity index (χ0v) is 28.6. The number of esters is 2. The number of pyridine rings is 1. The first kappa shape index (κ1) is 34.7. The monoisotopic (exact) mass is 674 g/mol. The number of hydrogen-bond acceptors (Lipinski definition) is 8. The van der Waals surface area contributed by atoms with Crippen molar-refractivity contribution in [2.24, 2.45) is 10.9 Å². The molecule has 0 amide bonds. The number of allylic oxidation sites excluding steroid dienone is 4. The van der Waals surface area contributed by atoms with Gasteiger partial charge in [0.05, 0.1) is 25.4 Å². The van der Waals surface area contributed by atoms with Crippen LogP contribution in [-0.4, -0.2) is 60.5 Å². The van der Waals surface area contributed by atoms with E-state index < -0.39 is 24.3 Å². The van der Waals surface area contributed by atoms with Gasteiger partial charge in [-0.2, -0.15) is 0 Å². The zero-order valence-electron chi connectivity index (χ0n) is 28.6. The summed E-state index contributed by atoms with van der Waals surface area (Å²) in [5, 5.41) is 0. The standard InChI is InChI=1S/C39H44F2N2O6/c1-5-24-11-15-27(33(41)19-24)31-21-35(42-36-28(31)14-10-23(4)48-36)39(45)47-17-7-8-25-12-16-29-30(26-13-9-22(3)18-32(26)40)20-34(38(44)46-6-2)43-37(29)49-25/h9,11,13,15,19-21,23,25,29,32,37H,5-8,10,12,14,16-18H2,1-4H3/t23-,25+,29?,32?,37?/m1/s1. The van der Waals surface area contributed by atoms with Gasteiger partial charge >= 0.3 is 11.9 Å². The number of aryl methyl sites for hydroxylation is 1. The fraction of sp³-hybridized carbons (Fsp3) is 0.487. The van der Waals surface area contributed by atoms with E-state index in [0.29, 0.717) is 67.5 Å². The first-order chi connectivity index (χ1) is 23.6. The van der Waals surface area contributed by atoms with Gasteiger partial charge in [0.25, 0.3) is 0 Å². The Morgan fingerprint density at radius 3 is 2.61 bits per heavy atom. The van der Waals surface area contributed by atoms with Crippen LogP contribution in [0.1, 0.15) is 87.8 Å². The Hall–Kier alpha value is -4.18. The zero-order chi connectivity index (χ0) is 34.7. The number of nitrogens with zero attached hydrogens (tertiary/aromatic N) is 2. The highest BCUT2D eigenvalue weighted by molar-refractivity contribution is 6.41. The normalized spacial score (nSPS) is 24.7. The molecule has 6 rings (SSSR count). The van der Waals surface area contributed by atoms with Gasteiger partial charge in [-0.1, -0.05) is 36.8 Å². The number of hydrogen-bond donors (Lipinski definition) is 0. The predicted molar refractivity (Wildman–Crippen MR) is 182 cm³/mol. The van der Waals surface area contributed by atoms with Crippen LogP contribution in [0.15, 0.2) is 64.2 Å². The maximum Gasteiger partial charge on any atom is 0.357 e. The predicted octanol–water partition coefficient (Wildman–Crippen LogP) is 7.78. The summed E-state index contributed by atoms with van der Waals surface area (Å²) in [5.74, 6) is -1.37. The van der Waals surface area contributed by atoms with Crippen molar-refractivity contribution >= 4 is 17.7 Å². The van der Waals surface area contributed by atoms with Crippen molar-refractivity contribution in [3.8, 4) is 17.0 Å². The third-order valence-electron chi connectivity index (χ3n) is 9.68. The van der Waals surface area contributed by atoms with E-state index in [1.807, 2.05) is 32.9 Å². The number of aromatic nitrogens is 1. The van der Waals surface area contributed by atoms with Gasteiger partial charge in [0.1, 0.15) is 17.7 Å². The second-order valence-corrected chi connectivity index (χ2v) is 13.2. The third kappa shape index (κ3) is 7.69. The molecule has 0 N–H and O–H groups in total. The van der Waals surface area contributed by atoms with Crippen LogP contribution in [0.25, 0.3) is 11.1 Å². The molecule has 0 radical (unpaired) electrons. The molecule has 3 aliphatic heterocycles. The Bertz CT molecular complexity index is 1730. The fourth-order valence-corrected chi connectivity index (χ4v) is 7.00. The van der Waals surface area contributed by atoms with Crippen molar-refractivity contribution in [1.82, 2.24) is 4.98 Å². The van der Waals surface area contributed by atoms with Crippen molar-refractivity contribution in [3.63, 3.8) is 0 Å². The molecule has 4 aliphatic rings. The van der Waals surface area contributed by atoms with E-state index in [2.05, 4.69) is 9.98 Å². The molecule has 10 heteroatoms. The lowest BCUT2D eigenvalue weighted by Crippen LogP contribution is -2.40. The van der Waals surface area contributed by atoms with Crippen LogP contribution < -0.4 is 4.74 Å². The maximum atomic E-state index is 15.2. The maximum absolute atomic E-state index is 15.2. The number of fused-ring (bicyclic) bond motifs is 2. The molecule has 1 aromatic carbocycles. The van der Waals surface area contributed by atoms with E-state index in [1.54, 1.807) is 31.2 Å². The van der Waals surface area contributed by atoms with Gasteiger partial charge < -0.3 is 18.9 Å². The van der Waals surface area contributed by atoms with Gasteiger partial charge in [0.2, 0.25) is 5.88 Å². The van der Waals surface area contributed by atoms with E-state index in [-0.39, 0.29) is 48.6 Å². The van der Waals surface area contributed by atoms with Crippen molar-refractivity contribution in [2.75, 3.05) is 13.2 Å². The van der Waals surface area contributed by atoms with Gasteiger partial charge in [-0.3, -0.25) is 0 Å². The van der Waals surface area contributed by atoms with Crippen molar-refractivity contribution in [1.29, 1.82) is 0 Å². The summed E-state index contributed by atoms with van der Waals surface area (Å²) in [7, 11) is 0. The molecule has 0 saturated carbocycles. The highest BCUT2D eigenvalue weighted by atomic mass is 19.1. The molecule has 0 spiro atoms. The van der Waals surface area contributed by atoms with Gasteiger partial charge in [0, 0.05) is 23.5 Å². The number of carbonyl (C=O) groups excluding carboxylic acids is 2. The summed E-state index contributed by atoms with van der Waals surface area (Å²) < 4.78 is 53.7. The molecule has 2 aromatic rings. The van der Waals surface area contributed by atoms with Crippen LogP contribution in [0.2, 0.25) is 0 Å². The second kappa shape index (κ2) is 15.2. The SMILES string of the molecule is CCOC(=O)C1=NC2O[C@@H](CCCOC(=O)c3cc(-c4ccc(CC)cc4F)c4c(n3)O[C@H](C)CC4)CCC2C(C2=CC=C(C)CC2F)=C1. The Kier molecular flexibility index (Phi) is 10.7. The number of ether oxygens (including phenoxy) is 4. The quantitative estimate of drug-likeness (QED) is 0.188. The summed E-state index contributed by atoms with van der Waals surface area (Å²) in [5.41, 5.74) is 5.12. The third-order valence-corrected chi connectivity index (χ3v) is 9.68. The van der Waals surface area contributed by atoms with E-state index in [9.17, 15) is 9.59 Å². The summed E-state index contributed by atoms with van der Waals surface area (Å²) >= 11 is 0. The average Bonchev–Trinajstić information content (AvgIpc) is 3.09. The van der Waals surface area contributed by atoms with E-state index in [0.717, 1.165) is 28.7 Å². The molecule has 8 nitrogen and oxygen atoms in total. The Morgan fingerprint density at radius 2 is 1.86 bits per heavy atom. The number of benzene rings is 1. The minimum atomic E-state index is -1.16. The van der Waals surface area contributed by atoms with Crippen LogP contribution in [0.5, 0.6) is 5.88 Å². The first-order valence-electron chi connectivity index (χ1n) is 17.4. The molecule has 0 bridgehead atoms. The molecular formula is C39H44F2N2O6. The van der Waals surface area contributed by atoms with Crippen LogP contribution in [-0.2, 0) is 31.8 Å². The summed E-state index contributed by atoms with van der Waals surface area (Å²) in [6, 6.07) is 6.76. The lowest BCUT2D eigenvalue weighted by Gasteiger charge is -2.39.